The predicted molar refractivity (Wildman–Crippen MR) is 132 cm³/mol. The number of ether oxygens (including phenoxy) is 3. The highest BCUT2D eigenvalue weighted by atomic mass is 35.5. The molecule has 9 heteroatoms. The molecule has 1 aliphatic rings. The van der Waals surface area contributed by atoms with Crippen LogP contribution in [0.2, 0.25) is 5.15 Å². The molecule has 8 nitrogen and oxygen atoms in total. The number of methoxy groups -OCH3 is 3. The number of hydrogen-bond donors (Lipinski definition) is 0. The Labute approximate surface area is 206 Å². The predicted octanol–water partition coefficient (Wildman–Crippen LogP) is 5.50. The van der Waals surface area contributed by atoms with Crippen molar-refractivity contribution in [3.63, 3.8) is 0 Å². The summed E-state index contributed by atoms with van der Waals surface area (Å²) in [5.74, 6) is 1.67. The Balaban J connectivity index is 1.60. The van der Waals surface area contributed by atoms with Crippen LogP contribution in [0.3, 0.4) is 0 Å². The third-order valence-corrected chi connectivity index (χ3v) is 6.23. The second kappa shape index (κ2) is 9.31. The number of aromatic nitrogens is 1. The van der Waals surface area contributed by atoms with Gasteiger partial charge in [-0.1, -0.05) is 11.6 Å². The molecule has 3 heterocycles. The van der Waals surface area contributed by atoms with E-state index in [2.05, 4.69) is 4.98 Å². The zero-order valence-corrected chi connectivity index (χ0v) is 20.1. The molecule has 1 atom stereocenters. The summed E-state index contributed by atoms with van der Waals surface area (Å²) in [6, 6.07) is 15.8. The van der Waals surface area contributed by atoms with Gasteiger partial charge in [-0.15, -0.1) is 0 Å². The van der Waals surface area contributed by atoms with Crippen LogP contribution in [-0.2, 0) is 0 Å². The van der Waals surface area contributed by atoms with Crippen LogP contribution < -0.4 is 14.2 Å². The number of furan rings is 1. The van der Waals surface area contributed by atoms with E-state index in [1.165, 1.54) is 11.3 Å². The summed E-state index contributed by atoms with van der Waals surface area (Å²) in [5.41, 5.74) is 2.89. The van der Waals surface area contributed by atoms with Crippen molar-refractivity contribution in [2.75, 3.05) is 21.3 Å². The number of halogens is 1. The van der Waals surface area contributed by atoms with Crippen molar-refractivity contribution >= 4 is 34.1 Å². The van der Waals surface area contributed by atoms with Gasteiger partial charge in [-0.25, -0.2) is 9.99 Å². The van der Waals surface area contributed by atoms with Gasteiger partial charge >= 0.3 is 5.91 Å². The van der Waals surface area contributed by atoms with E-state index < -0.39 is 6.04 Å². The second-order valence-electron chi connectivity index (χ2n) is 7.89. The van der Waals surface area contributed by atoms with E-state index in [9.17, 15) is 4.79 Å². The van der Waals surface area contributed by atoms with Crippen LogP contribution in [0, 0.1) is 0 Å². The van der Waals surface area contributed by atoms with Crippen LogP contribution >= 0.6 is 11.6 Å². The third-order valence-electron chi connectivity index (χ3n) is 5.93. The molecule has 1 aliphatic heterocycles. The average Bonchev–Trinajstić information content (AvgIpc) is 3.58. The highest BCUT2D eigenvalue weighted by Gasteiger charge is 2.36. The Morgan fingerprint density at radius 2 is 1.86 bits per heavy atom. The van der Waals surface area contributed by atoms with E-state index >= 15 is 0 Å². The molecule has 2 aromatic heterocycles. The van der Waals surface area contributed by atoms with E-state index in [1.807, 2.05) is 36.4 Å². The maximum absolute atomic E-state index is 13.4. The Morgan fingerprint density at radius 3 is 2.57 bits per heavy atom. The summed E-state index contributed by atoms with van der Waals surface area (Å²) < 4.78 is 21.5. The quantitative estimate of drug-likeness (QED) is 0.331. The molecule has 0 saturated carbocycles. The van der Waals surface area contributed by atoms with Gasteiger partial charge in [-0.2, -0.15) is 5.10 Å². The van der Waals surface area contributed by atoms with Crippen LogP contribution in [0.5, 0.6) is 17.2 Å². The smallest absolute Gasteiger partial charge is 0.310 e. The lowest BCUT2D eigenvalue weighted by Gasteiger charge is -2.22. The SMILES string of the molecule is COc1ccc2nc(Cl)c([C@H]3CC(c4ccc(OC)c(OC)c4)=NN3C(=O)c3ccco3)cc2c1. The monoisotopic (exact) mass is 491 g/mol. The lowest BCUT2D eigenvalue weighted by Crippen LogP contribution is -2.27. The van der Waals surface area contributed by atoms with E-state index in [0.717, 1.165) is 16.5 Å². The highest BCUT2D eigenvalue weighted by Crippen LogP contribution is 2.39. The van der Waals surface area contributed by atoms with Gasteiger partial charge < -0.3 is 18.6 Å². The van der Waals surface area contributed by atoms with Crippen molar-refractivity contribution in [3.8, 4) is 17.2 Å². The molecule has 0 fully saturated rings. The molecule has 4 aromatic rings. The number of rotatable bonds is 6. The fourth-order valence-corrected chi connectivity index (χ4v) is 4.42. The van der Waals surface area contributed by atoms with Crippen molar-refractivity contribution in [1.29, 1.82) is 0 Å². The molecule has 178 valence electrons. The molecule has 35 heavy (non-hydrogen) atoms. The van der Waals surface area contributed by atoms with Gasteiger partial charge in [0.1, 0.15) is 10.9 Å². The molecule has 0 radical (unpaired) electrons. The van der Waals surface area contributed by atoms with Gasteiger partial charge in [0.05, 0.1) is 44.9 Å². The molecule has 0 spiro atoms. The number of hydrazone groups is 1. The van der Waals surface area contributed by atoms with Crippen molar-refractivity contribution in [2.45, 2.75) is 12.5 Å². The molecule has 0 N–H and O–H groups in total. The number of pyridine rings is 1. The fourth-order valence-electron chi connectivity index (χ4n) is 4.15. The fraction of sp³-hybridized carbons (Fsp3) is 0.192. The van der Waals surface area contributed by atoms with Crippen molar-refractivity contribution in [3.05, 3.63) is 82.9 Å². The molecule has 2 aromatic carbocycles. The lowest BCUT2D eigenvalue weighted by atomic mass is 9.98. The Morgan fingerprint density at radius 1 is 1.03 bits per heavy atom. The summed E-state index contributed by atoms with van der Waals surface area (Å²) in [5, 5.41) is 7.23. The number of nitrogens with zero attached hydrogens (tertiary/aromatic N) is 3. The van der Waals surface area contributed by atoms with Crippen LogP contribution in [0.25, 0.3) is 10.9 Å². The maximum Gasteiger partial charge on any atom is 0.310 e. The Hall–Kier alpha value is -4.04. The van der Waals surface area contributed by atoms with Crippen molar-refractivity contribution < 1.29 is 23.4 Å². The first kappa shape index (κ1) is 22.7. The second-order valence-corrected chi connectivity index (χ2v) is 8.25. The normalized spacial score (nSPS) is 15.3. The average molecular weight is 492 g/mol. The molecule has 1 amide bonds. The first-order chi connectivity index (χ1) is 17.0. The summed E-state index contributed by atoms with van der Waals surface area (Å²) in [7, 11) is 4.76. The van der Waals surface area contributed by atoms with Gasteiger partial charge in [0.2, 0.25) is 0 Å². The summed E-state index contributed by atoms with van der Waals surface area (Å²) in [4.78, 5) is 17.9. The summed E-state index contributed by atoms with van der Waals surface area (Å²) in [6.45, 7) is 0. The number of carbonyl (C=O) groups is 1. The van der Waals surface area contributed by atoms with E-state index in [1.54, 1.807) is 39.5 Å². The molecular formula is C26H22ClN3O5. The van der Waals surface area contributed by atoms with Gasteiger partial charge in [0.25, 0.3) is 0 Å². The summed E-state index contributed by atoms with van der Waals surface area (Å²) in [6.07, 6.45) is 1.87. The van der Waals surface area contributed by atoms with Crippen LogP contribution in [0.4, 0.5) is 0 Å². The number of fused-ring (bicyclic) bond motifs is 1. The molecular weight excluding hydrogens is 470 g/mol. The van der Waals surface area contributed by atoms with E-state index in [-0.39, 0.29) is 11.7 Å². The zero-order chi connectivity index (χ0) is 24.5. The minimum Gasteiger partial charge on any atom is -0.497 e. The topological polar surface area (TPSA) is 86.4 Å². The lowest BCUT2D eigenvalue weighted by molar-refractivity contribution is 0.0678. The standard InChI is InChI=1S/C26H22ClN3O5/c1-32-17-7-8-19-16(11-17)12-18(25(27)28-19)21-14-20(15-6-9-22(33-2)24(13-15)34-3)29-30(21)26(31)23-5-4-10-35-23/h4-13,21H,14H2,1-3H3/t21-/m1/s1. The minimum atomic E-state index is -0.494. The largest absolute Gasteiger partial charge is 0.497 e. The number of amides is 1. The van der Waals surface area contributed by atoms with Crippen molar-refractivity contribution in [2.24, 2.45) is 5.10 Å². The first-order valence-corrected chi connectivity index (χ1v) is 11.2. The van der Waals surface area contributed by atoms with Crippen LogP contribution in [0.1, 0.15) is 34.1 Å². The Bertz CT molecular complexity index is 1430. The highest BCUT2D eigenvalue weighted by molar-refractivity contribution is 6.30. The van der Waals surface area contributed by atoms with E-state index in [4.69, 9.17) is 35.3 Å². The van der Waals surface area contributed by atoms with Gasteiger partial charge in [0.15, 0.2) is 17.3 Å². The van der Waals surface area contributed by atoms with Gasteiger partial charge in [-0.05, 0) is 54.6 Å². The number of benzene rings is 2. The molecule has 0 unspecified atom stereocenters. The van der Waals surface area contributed by atoms with Crippen LogP contribution in [-0.4, -0.2) is 42.9 Å². The maximum atomic E-state index is 13.4. The summed E-state index contributed by atoms with van der Waals surface area (Å²) >= 11 is 6.64. The number of carbonyl (C=O) groups excluding carboxylic acids is 1. The third kappa shape index (κ3) is 4.17. The van der Waals surface area contributed by atoms with Crippen LogP contribution in [0.15, 0.2) is 70.4 Å². The minimum absolute atomic E-state index is 0.179. The molecule has 5 rings (SSSR count). The Kier molecular flexibility index (Phi) is 6.05. The molecule has 0 saturated heterocycles. The van der Waals surface area contributed by atoms with E-state index in [0.29, 0.717) is 40.1 Å². The van der Waals surface area contributed by atoms with Gasteiger partial charge in [0, 0.05) is 22.9 Å². The molecule has 0 aliphatic carbocycles. The molecule has 0 bridgehead atoms. The van der Waals surface area contributed by atoms with Gasteiger partial charge in [-0.3, -0.25) is 4.79 Å². The number of hydrogen-bond acceptors (Lipinski definition) is 7. The zero-order valence-electron chi connectivity index (χ0n) is 19.3. The van der Waals surface area contributed by atoms with Crippen molar-refractivity contribution in [1.82, 2.24) is 9.99 Å². The first-order valence-electron chi connectivity index (χ1n) is 10.8.